The molecule has 1 amide bonds. The van der Waals surface area contributed by atoms with E-state index in [0.29, 0.717) is 12.0 Å². The van der Waals surface area contributed by atoms with Crippen molar-refractivity contribution in [2.45, 2.75) is 72.5 Å². The molecule has 4 atom stereocenters. The molecule has 0 radical (unpaired) electrons. The van der Waals surface area contributed by atoms with Gasteiger partial charge in [-0.25, -0.2) is 0 Å². The first-order valence-corrected chi connectivity index (χ1v) is 11.1. The summed E-state index contributed by atoms with van der Waals surface area (Å²) in [5.74, 6) is -3.32. The molecule has 2 heterocycles. The third kappa shape index (κ3) is 6.80. The second-order valence-corrected chi connectivity index (χ2v) is 9.02. The van der Waals surface area contributed by atoms with Crippen molar-refractivity contribution in [1.29, 1.82) is 0 Å². The third-order valence-corrected chi connectivity index (χ3v) is 5.12. The van der Waals surface area contributed by atoms with E-state index < -0.39 is 60.2 Å². The molecule has 0 aromatic rings. The summed E-state index contributed by atoms with van der Waals surface area (Å²) in [6.45, 7) is 9.88. The number of allylic oxidation sites excluding steroid dienone is 1. The van der Waals surface area contributed by atoms with Crippen molar-refractivity contribution >= 4 is 23.8 Å². The van der Waals surface area contributed by atoms with Gasteiger partial charge in [-0.3, -0.25) is 19.2 Å². The lowest BCUT2D eigenvalue weighted by molar-refractivity contribution is -0.173. The number of carbonyl (C=O) groups is 4. The fourth-order valence-corrected chi connectivity index (χ4v) is 3.12. The summed E-state index contributed by atoms with van der Waals surface area (Å²) in [4.78, 5) is 50.2. The molecule has 1 fully saturated rings. The lowest BCUT2D eigenvalue weighted by Gasteiger charge is -2.31. The van der Waals surface area contributed by atoms with Crippen molar-refractivity contribution in [3.63, 3.8) is 0 Å². The first kappa shape index (κ1) is 26.4. The molecule has 184 valence electrons. The summed E-state index contributed by atoms with van der Waals surface area (Å²) in [6, 6.07) is 0. The molecule has 0 bridgehead atoms. The van der Waals surface area contributed by atoms with Gasteiger partial charge in [-0.1, -0.05) is 47.6 Å². The molecule has 10 nitrogen and oxygen atoms in total. The topological polar surface area (TPSA) is 134 Å². The number of nitrogens with two attached hydrogens (primary N) is 1. The number of carbonyl (C=O) groups excluding carboxylic acids is 4. The number of nitrogens with zero attached hydrogens (tertiary/aromatic N) is 1. The van der Waals surface area contributed by atoms with Crippen molar-refractivity contribution in [1.82, 2.24) is 4.90 Å². The Labute approximate surface area is 194 Å². The van der Waals surface area contributed by atoms with Gasteiger partial charge < -0.3 is 29.6 Å². The van der Waals surface area contributed by atoms with E-state index in [0.717, 1.165) is 0 Å². The molecule has 0 saturated carbocycles. The van der Waals surface area contributed by atoms with Crippen LogP contribution in [-0.2, 0) is 38.1 Å². The zero-order chi connectivity index (χ0) is 24.9. The van der Waals surface area contributed by atoms with Crippen LogP contribution in [0.3, 0.4) is 0 Å². The number of rotatable bonds is 9. The normalized spacial score (nSPS) is 24.8. The highest BCUT2D eigenvalue weighted by atomic mass is 16.7. The fraction of sp³-hybridized carbons (Fsp3) is 0.652. The molecule has 0 aliphatic carbocycles. The quantitative estimate of drug-likeness (QED) is 0.397. The van der Waals surface area contributed by atoms with Crippen LogP contribution in [0.15, 0.2) is 24.0 Å². The van der Waals surface area contributed by atoms with Crippen LogP contribution in [0.4, 0.5) is 0 Å². The Morgan fingerprint density at radius 1 is 0.970 bits per heavy atom. The van der Waals surface area contributed by atoms with Crippen LogP contribution < -0.4 is 5.73 Å². The Balaban J connectivity index is 2.40. The molecule has 10 heteroatoms. The van der Waals surface area contributed by atoms with Crippen LogP contribution in [0.1, 0.15) is 48.0 Å². The summed E-state index contributed by atoms with van der Waals surface area (Å²) in [5.41, 5.74) is 5.76. The first-order chi connectivity index (χ1) is 15.4. The van der Waals surface area contributed by atoms with Gasteiger partial charge in [0.1, 0.15) is 12.7 Å². The van der Waals surface area contributed by atoms with Gasteiger partial charge in [-0.05, 0) is 6.42 Å². The van der Waals surface area contributed by atoms with Crippen LogP contribution >= 0.6 is 0 Å². The first-order valence-electron chi connectivity index (χ1n) is 11.1. The molecule has 33 heavy (non-hydrogen) atoms. The zero-order valence-electron chi connectivity index (χ0n) is 20.0. The number of amides is 1. The highest BCUT2D eigenvalue weighted by molar-refractivity contribution is 5.92. The minimum absolute atomic E-state index is 0.205. The zero-order valence-corrected chi connectivity index (χ0v) is 20.0. The minimum Gasteiger partial charge on any atom is -0.463 e. The monoisotopic (exact) mass is 466 g/mol. The van der Waals surface area contributed by atoms with E-state index in [1.807, 2.05) is 0 Å². The van der Waals surface area contributed by atoms with Crippen molar-refractivity contribution in [3.05, 3.63) is 24.0 Å². The van der Waals surface area contributed by atoms with Gasteiger partial charge in [-0.2, -0.15) is 0 Å². The predicted molar refractivity (Wildman–Crippen MR) is 117 cm³/mol. The smallest absolute Gasteiger partial charge is 0.308 e. The Morgan fingerprint density at radius 3 is 2.03 bits per heavy atom. The highest BCUT2D eigenvalue weighted by Gasteiger charge is 2.52. The Hall–Kier alpha value is -2.88. The Kier molecular flexibility index (Phi) is 9.04. The largest absolute Gasteiger partial charge is 0.463 e. The van der Waals surface area contributed by atoms with Gasteiger partial charge in [0.05, 0.1) is 17.8 Å². The van der Waals surface area contributed by atoms with E-state index in [-0.39, 0.29) is 12.5 Å². The van der Waals surface area contributed by atoms with E-state index in [1.54, 1.807) is 58.7 Å². The standard InChI is InChI=1S/C23H34N2O8/c1-12(2)21(27)30-11-16-17(32-22(28)13(3)4)18(33-23(29)14(5)6)20(31-16)25-9-7-8-15(10-25)19(24)26/h7,9-10,12-14,16-18,20H,8,11H2,1-6H3,(H2,24,26)/t16?,17-,18?,20?/m1/s1. The third-order valence-electron chi connectivity index (χ3n) is 5.12. The fourth-order valence-electron chi connectivity index (χ4n) is 3.12. The SMILES string of the molecule is CC(C)C(=O)OCC1OC(N2C=CCC(C(N)=O)=C2)C(OC(=O)C(C)C)[C@@H]1OC(=O)C(C)C. The van der Waals surface area contributed by atoms with Crippen molar-refractivity contribution in [2.75, 3.05) is 6.61 Å². The molecule has 3 unspecified atom stereocenters. The van der Waals surface area contributed by atoms with Gasteiger partial charge >= 0.3 is 17.9 Å². The minimum atomic E-state index is -1.04. The maximum atomic E-state index is 12.5. The molecule has 0 spiro atoms. The van der Waals surface area contributed by atoms with Crippen molar-refractivity contribution < 1.29 is 38.1 Å². The number of hydrogen-bond donors (Lipinski definition) is 1. The number of ether oxygens (including phenoxy) is 4. The number of primary amides is 1. The molecule has 0 aromatic heterocycles. The van der Waals surface area contributed by atoms with Gasteiger partial charge in [-0.15, -0.1) is 0 Å². The molecule has 1 saturated heterocycles. The summed E-state index contributed by atoms with van der Waals surface area (Å²) in [5, 5.41) is 0. The van der Waals surface area contributed by atoms with Crippen LogP contribution in [0.5, 0.6) is 0 Å². The number of esters is 3. The summed E-state index contributed by atoms with van der Waals surface area (Å²) in [6.07, 6.45) is 1.32. The van der Waals surface area contributed by atoms with Crippen molar-refractivity contribution in [3.8, 4) is 0 Å². The predicted octanol–water partition coefficient (Wildman–Crippen LogP) is 1.63. The van der Waals surface area contributed by atoms with E-state index >= 15 is 0 Å². The van der Waals surface area contributed by atoms with E-state index in [1.165, 1.54) is 6.20 Å². The average molecular weight is 467 g/mol. The van der Waals surface area contributed by atoms with Crippen molar-refractivity contribution in [2.24, 2.45) is 23.5 Å². The summed E-state index contributed by atoms with van der Waals surface area (Å²) < 4.78 is 22.8. The Morgan fingerprint density at radius 2 is 1.52 bits per heavy atom. The summed E-state index contributed by atoms with van der Waals surface area (Å²) >= 11 is 0. The van der Waals surface area contributed by atoms with E-state index in [2.05, 4.69) is 0 Å². The lowest BCUT2D eigenvalue weighted by atomic mass is 10.1. The lowest BCUT2D eigenvalue weighted by Crippen LogP contribution is -2.46. The van der Waals surface area contributed by atoms with E-state index in [4.69, 9.17) is 24.7 Å². The summed E-state index contributed by atoms with van der Waals surface area (Å²) in [7, 11) is 0. The molecular weight excluding hydrogens is 432 g/mol. The highest BCUT2D eigenvalue weighted by Crippen LogP contribution is 2.32. The average Bonchev–Trinajstić information content (AvgIpc) is 3.08. The van der Waals surface area contributed by atoms with Crippen LogP contribution in [0.25, 0.3) is 0 Å². The second kappa shape index (κ2) is 11.3. The Bertz CT molecular complexity index is 817. The number of hydrogen-bond acceptors (Lipinski definition) is 9. The second-order valence-electron chi connectivity index (χ2n) is 9.02. The molecule has 2 rings (SSSR count). The molecule has 0 aromatic carbocycles. The van der Waals surface area contributed by atoms with Crippen LogP contribution in [0.2, 0.25) is 0 Å². The molecular formula is C23H34N2O8. The van der Waals surface area contributed by atoms with Gasteiger partial charge in [0, 0.05) is 18.0 Å². The molecule has 2 N–H and O–H groups in total. The maximum Gasteiger partial charge on any atom is 0.308 e. The van der Waals surface area contributed by atoms with Gasteiger partial charge in [0.2, 0.25) is 5.91 Å². The van der Waals surface area contributed by atoms with Crippen LogP contribution in [0, 0.1) is 17.8 Å². The maximum absolute atomic E-state index is 12.5. The molecule has 2 aliphatic heterocycles. The van der Waals surface area contributed by atoms with Crippen LogP contribution in [-0.4, -0.2) is 59.9 Å². The molecule has 2 aliphatic rings. The van der Waals surface area contributed by atoms with E-state index in [9.17, 15) is 19.2 Å². The van der Waals surface area contributed by atoms with Gasteiger partial charge in [0.15, 0.2) is 18.4 Å². The van der Waals surface area contributed by atoms with Gasteiger partial charge in [0.25, 0.3) is 0 Å².